The molecule has 4 aliphatic rings. The maximum absolute atomic E-state index is 11.0. The molecule has 3 aliphatic heterocycles. The van der Waals surface area contributed by atoms with E-state index in [1.54, 1.807) is 6.92 Å². The number of likely N-dealkylation sites (tertiary alicyclic amines) is 1. The van der Waals surface area contributed by atoms with Crippen molar-refractivity contribution in [3.05, 3.63) is 0 Å². The third-order valence-electron chi connectivity index (χ3n) is 6.91. The summed E-state index contributed by atoms with van der Waals surface area (Å²) in [5.41, 5.74) is -1.25. The normalized spacial score (nSPS) is 53.0. The molecule has 150 valence electrons. The highest BCUT2D eigenvalue weighted by Crippen LogP contribution is 2.42. The minimum absolute atomic E-state index is 0.0271. The molecule has 1 aliphatic carbocycles. The SMILES string of the molecule is C[C@@]1(O)[C@@H](CC2CCC(Cl)C(Cl)C2)O[C@@H](N2CCC3CNCNC32)[C@@H]1O. The number of hydrogen-bond acceptors (Lipinski definition) is 6. The smallest absolute Gasteiger partial charge is 0.141 e. The molecular weight excluding hydrogens is 377 g/mol. The molecule has 4 fully saturated rings. The first-order chi connectivity index (χ1) is 12.4. The van der Waals surface area contributed by atoms with Gasteiger partial charge in [-0.2, -0.15) is 0 Å². The zero-order valence-electron chi connectivity index (χ0n) is 15.3. The topological polar surface area (TPSA) is 77.0 Å². The Bertz CT molecular complexity index is 512. The lowest BCUT2D eigenvalue weighted by Crippen LogP contribution is -2.59. The zero-order chi connectivity index (χ0) is 18.5. The second-order valence-electron chi connectivity index (χ2n) is 8.70. The molecule has 0 bridgehead atoms. The summed E-state index contributed by atoms with van der Waals surface area (Å²) >= 11 is 12.6. The molecule has 0 amide bonds. The van der Waals surface area contributed by atoms with Crippen LogP contribution in [0.5, 0.6) is 0 Å². The average molecular weight is 408 g/mol. The van der Waals surface area contributed by atoms with Gasteiger partial charge in [0.05, 0.1) is 17.6 Å². The van der Waals surface area contributed by atoms with E-state index in [1.165, 1.54) is 0 Å². The molecule has 3 saturated heterocycles. The van der Waals surface area contributed by atoms with Crippen molar-refractivity contribution < 1.29 is 14.9 Å². The van der Waals surface area contributed by atoms with Gasteiger partial charge in [0, 0.05) is 31.1 Å². The van der Waals surface area contributed by atoms with Gasteiger partial charge in [0.1, 0.15) is 17.9 Å². The monoisotopic (exact) mass is 407 g/mol. The molecule has 0 aromatic heterocycles. The lowest BCUT2D eigenvalue weighted by Gasteiger charge is -2.37. The Morgan fingerprint density at radius 2 is 2.04 bits per heavy atom. The summed E-state index contributed by atoms with van der Waals surface area (Å²) in [4.78, 5) is 2.20. The van der Waals surface area contributed by atoms with E-state index in [4.69, 9.17) is 27.9 Å². The first kappa shape index (κ1) is 19.6. The number of nitrogens with zero attached hydrogens (tertiary/aromatic N) is 1. The summed E-state index contributed by atoms with van der Waals surface area (Å²) in [6.07, 6.45) is 2.94. The van der Waals surface area contributed by atoms with Crippen LogP contribution in [-0.2, 0) is 4.74 Å². The van der Waals surface area contributed by atoms with Crippen molar-refractivity contribution in [2.75, 3.05) is 19.8 Å². The third kappa shape index (κ3) is 3.52. The number of halogens is 2. The minimum Gasteiger partial charge on any atom is -0.386 e. The number of fused-ring (bicyclic) bond motifs is 1. The molecule has 0 spiro atoms. The number of aliphatic hydroxyl groups is 2. The van der Waals surface area contributed by atoms with E-state index < -0.39 is 17.9 Å². The fraction of sp³-hybridized carbons (Fsp3) is 1.00. The van der Waals surface area contributed by atoms with Gasteiger partial charge in [-0.3, -0.25) is 10.2 Å². The Hall–Kier alpha value is 0.340. The summed E-state index contributed by atoms with van der Waals surface area (Å²) in [5, 5.41) is 28.7. The summed E-state index contributed by atoms with van der Waals surface area (Å²) in [5.74, 6) is 0.887. The summed E-state index contributed by atoms with van der Waals surface area (Å²) < 4.78 is 6.28. The third-order valence-corrected chi connectivity index (χ3v) is 8.04. The Balaban J connectivity index is 1.43. The van der Waals surface area contributed by atoms with Crippen molar-refractivity contribution in [1.82, 2.24) is 15.5 Å². The molecule has 3 heterocycles. The van der Waals surface area contributed by atoms with Gasteiger partial charge in [-0.25, -0.2) is 0 Å². The van der Waals surface area contributed by atoms with Crippen molar-refractivity contribution >= 4 is 23.2 Å². The van der Waals surface area contributed by atoms with Crippen molar-refractivity contribution in [3.8, 4) is 0 Å². The summed E-state index contributed by atoms with van der Waals surface area (Å²) in [6.45, 7) is 4.32. The highest BCUT2D eigenvalue weighted by Gasteiger charge is 2.56. The van der Waals surface area contributed by atoms with Crippen LogP contribution in [0.3, 0.4) is 0 Å². The number of ether oxygens (including phenoxy) is 1. The molecule has 9 atom stereocenters. The molecular formula is C18H31Cl2N3O3. The number of alkyl halides is 2. The van der Waals surface area contributed by atoms with Crippen molar-refractivity contribution in [1.29, 1.82) is 0 Å². The molecule has 1 saturated carbocycles. The van der Waals surface area contributed by atoms with Gasteiger partial charge in [-0.05, 0) is 44.9 Å². The fourth-order valence-corrected chi connectivity index (χ4v) is 5.80. The number of nitrogens with one attached hydrogen (secondary N) is 2. The first-order valence-corrected chi connectivity index (χ1v) is 10.8. The van der Waals surface area contributed by atoms with E-state index in [-0.39, 0.29) is 23.0 Å². The second kappa shape index (κ2) is 7.64. The predicted octanol–water partition coefficient (Wildman–Crippen LogP) is 1.03. The van der Waals surface area contributed by atoms with Gasteiger partial charge in [0.25, 0.3) is 0 Å². The average Bonchev–Trinajstić information content (AvgIpc) is 3.13. The van der Waals surface area contributed by atoms with Crippen LogP contribution in [0.1, 0.15) is 39.0 Å². The molecule has 4 rings (SSSR count). The van der Waals surface area contributed by atoms with Crippen LogP contribution in [-0.4, -0.2) is 75.8 Å². The van der Waals surface area contributed by atoms with Crippen LogP contribution >= 0.6 is 23.2 Å². The minimum atomic E-state index is -1.25. The van der Waals surface area contributed by atoms with Crippen LogP contribution in [0.15, 0.2) is 0 Å². The van der Waals surface area contributed by atoms with E-state index >= 15 is 0 Å². The van der Waals surface area contributed by atoms with Gasteiger partial charge < -0.3 is 20.3 Å². The number of rotatable bonds is 3. The van der Waals surface area contributed by atoms with E-state index in [2.05, 4.69) is 15.5 Å². The maximum atomic E-state index is 11.0. The quantitative estimate of drug-likeness (QED) is 0.523. The molecule has 0 aromatic carbocycles. The standard InChI is InChI=1S/C18H31Cl2N3O3/c1-18(25)14(7-10-2-3-12(19)13(20)6-10)26-17(15(18)24)23-5-4-11-8-21-9-22-16(11)23/h10-17,21-22,24-25H,2-9H2,1H3/t10?,11?,12?,13?,14-,15+,16?,17-,18-/m1/s1. The first-order valence-electron chi connectivity index (χ1n) is 9.91. The maximum Gasteiger partial charge on any atom is 0.141 e. The molecule has 0 aromatic rings. The second-order valence-corrected chi connectivity index (χ2v) is 9.82. The Morgan fingerprint density at radius 3 is 2.81 bits per heavy atom. The van der Waals surface area contributed by atoms with Crippen LogP contribution in [0.2, 0.25) is 0 Å². The zero-order valence-corrected chi connectivity index (χ0v) is 16.8. The van der Waals surface area contributed by atoms with Crippen LogP contribution < -0.4 is 10.6 Å². The molecule has 0 radical (unpaired) electrons. The van der Waals surface area contributed by atoms with Gasteiger partial charge in [-0.1, -0.05) is 0 Å². The van der Waals surface area contributed by atoms with E-state index in [0.717, 1.165) is 45.4 Å². The lowest BCUT2D eigenvalue weighted by atomic mass is 9.81. The Morgan fingerprint density at radius 1 is 1.23 bits per heavy atom. The fourth-order valence-electron chi connectivity index (χ4n) is 5.19. The van der Waals surface area contributed by atoms with Gasteiger partial charge in [-0.15, -0.1) is 23.2 Å². The van der Waals surface area contributed by atoms with Crippen molar-refractivity contribution in [2.24, 2.45) is 11.8 Å². The van der Waals surface area contributed by atoms with E-state index in [1.807, 2.05) is 0 Å². The molecule has 5 unspecified atom stereocenters. The van der Waals surface area contributed by atoms with Gasteiger partial charge >= 0.3 is 0 Å². The Kier molecular flexibility index (Phi) is 5.77. The van der Waals surface area contributed by atoms with Crippen LogP contribution in [0.4, 0.5) is 0 Å². The van der Waals surface area contributed by atoms with Crippen LogP contribution in [0.25, 0.3) is 0 Å². The van der Waals surface area contributed by atoms with E-state index in [0.29, 0.717) is 18.3 Å². The van der Waals surface area contributed by atoms with Crippen molar-refractivity contribution in [2.45, 2.75) is 80.0 Å². The number of hydrogen-bond donors (Lipinski definition) is 4. The van der Waals surface area contributed by atoms with E-state index in [9.17, 15) is 10.2 Å². The summed E-state index contributed by atoms with van der Waals surface area (Å²) in [7, 11) is 0. The predicted molar refractivity (Wildman–Crippen MR) is 101 cm³/mol. The molecule has 26 heavy (non-hydrogen) atoms. The highest BCUT2D eigenvalue weighted by molar-refractivity contribution is 6.30. The molecule has 6 nitrogen and oxygen atoms in total. The lowest BCUT2D eigenvalue weighted by molar-refractivity contribution is -0.107. The van der Waals surface area contributed by atoms with Crippen LogP contribution in [0, 0.1) is 11.8 Å². The number of aliphatic hydroxyl groups excluding tert-OH is 1. The van der Waals surface area contributed by atoms with Gasteiger partial charge in [0.2, 0.25) is 0 Å². The summed E-state index contributed by atoms with van der Waals surface area (Å²) in [6, 6.07) is 0. The molecule has 8 heteroatoms. The molecule has 4 N–H and O–H groups in total. The van der Waals surface area contributed by atoms with Crippen molar-refractivity contribution in [3.63, 3.8) is 0 Å². The highest BCUT2D eigenvalue weighted by atomic mass is 35.5. The Labute approximate surface area is 165 Å². The van der Waals surface area contributed by atoms with Gasteiger partial charge in [0.15, 0.2) is 0 Å². The largest absolute Gasteiger partial charge is 0.386 e.